The molecule has 1 heterocycles. The molecule has 0 amide bonds. The number of carboxylic acids is 1. The Morgan fingerprint density at radius 1 is 1.41 bits per heavy atom. The number of aromatic carboxylic acids is 1. The Morgan fingerprint density at radius 3 is 2.53 bits per heavy atom. The molecule has 5 nitrogen and oxygen atoms in total. The van der Waals surface area contributed by atoms with Crippen LogP contribution in [-0.2, 0) is 9.57 Å². The Labute approximate surface area is 98.8 Å². The average Bonchev–Trinajstić information content (AvgIpc) is 2.70. The second kappa shape index (κ2) is 4.47. The lowest BCUT2D eigenvalue weighted by molar-refractivity contribution is -0.157. The van der Waals surface area contributed by atoms with E-state index >= 15 is 0 Å². The van der Waals surface area contributed by atoms with Crippen molar-refractivity contribution in [3.8, 4) is 0 Å². The first-order chi connectivity index (χ1) is 8.11. The fraction of sp³-hybridized carbons (Fsp3) is 0.250. The number of hydroxylamine groups is 2. The van der Waals surface area contributed by atoms with Gasteiger partial charge in [-0.1, -0.05) is 12.1 Å². The highest BCUT2D eigenvalue weighted by Gasteiger charge is 2.22. The van der Waals surface area contributed by atoms with Crippen molar-refractivity contribution in [1.82, 2.24) is 5.06 Å². The van der Waals surface area contributed by atoms with Gasteiger partial charge >= 0.3 is 5.97 Å². The molecule has 0 saturated carbocycles. The van der Waals surface area contributed by atoms with Gasteiger partial charge in [0.05, 0.1) is 18.9 Å². The van der Waals surface area contributed by atoms with Crippen molar-refractivity contribution in [2.75, 3.05) is 7.11 Å². The molecule has 5 heteroatoms. The summed E-state index contributed by atoms with van der Waals surface area (Å²) in [6, 6.07) is 6.51. The van der Waals surface area contributed by atoms with E-state index in [1.165, 1.54) is 0 Å². The smallest absolute Gasteiger partial charge is 0.335 e. The highest BCUT2D eigenvalue weighted by atomic mass is 16.7. The fourth-order valence-electron chi connectivity index (χ4n) is 1.61. The molecule has 1 aliphatic heterocycles. The molecule has 1 atom stereocenters. The molecule has 17 heavy (non-hydrogen) atoms. The van der Waals surface area contributed by atoms with Crippen LogP contribution < -0.4 is 0 Å². The van der Waals surface area contributed by atoms with Crippen LogP contribution in [-0.4, -0.2) is 29.5 Å². The van der Waals surface area contributed by atoms with Crippen molar-refractivity contribution < 1.29 is 19.5 Å². The molecule has 1 aromatic rings. The maximum absolute atomic E-state index is 10.7. The molecule has 1 N–H and O–H groups in total. The van der Waals surface area contributed by atoms with Crippen LogP contribution >= 0.6 is 0 Å². The Balaban J connectivity index is 2.21. The van der Waals surface area contributed by atoms with Gasteiger partial charge in [0.25, 0.3) is 0 Å². The van der Waals surface area contributed by atoms with Gasteiger partial charge in [-0.3, -0.25) is 4.84 Å². The van der Waals surface area contributed by atoms with E-state index < -0.39 is 5.97 Å². The second-order valence-electron chi connectivity index (χ2n) is 3.64. The zero-order valence-corrected chi connectivity index (χ0v) is 9.58. The fourth-order valence-corrected chi connectivity index (χ4v) is 1.61. The van der Waals surface area contributed by atoms with Gasteiger partial charge in [-0.15, -0.1) is 0 Å². The summed E-state index contributed by atoms with van der Waals surface area (Å²) in [7, 11) is 1.56. The van der Waals surface area contributed by atoms with Gasteiger partial charge in [0, 0.05) is 5.56 Å². The number of benzene rings is 1. The van der Waals surface area contributed by atoms with Gasteiger partial charge in [-0.25, -0.2) is 9.86 Å². The molecule has 0 aromatic heterocycles. The first-order valence-electron chi connectivity index (χ1n) is 5.16. The highest BCUT2D eigenvalue weighted by Crippen LogP contribution is 2.26. The molecular formula is C12H13NO4. The molecule has 2 rings (SSSR count). The summed E-state index contributed by atoms with van der Waals surface area (Å²) in [6.07, 6.45) is 1.55. The van der Waals surface area contributed by atoms with Crippen LogP contribution in [0, 0.1) is 0 Å². The third-order valence-electron chi connectivity index (χ3n) is 2.53. The van der Waals surface area contributed by atoms with Crippen LogP contribution in [0.25, 0.3) is 5.76 Å². The topological polar surface area (TPSA) is 59.0 Å². The van der Waals surface area contributed by atoms with E-state index in [1.54, 1.807) is 42.6 Å². The second-order valence-corrected chi connectivity index (χ2v) is 3.64. The molecule has 0 aliphatic carbocycles. The number of carboxylic acid groups (broad SMARTS) is 1. The minimum absolute atomic E-state index is 0.186. The Hall–Kier alpha value is -2.01. The lowest BCUT2D eigenvalue weighted by Crippen LogP contribution is -2.23. The normalized spacial score (nSPS) is 18.8. The van der Waals surface area contributed by atoms with Crippen molar-refractivity contribution in [3.63, 3.8) is 0 Å². The number of nitrogens with zero attached hydrogens (tertiary/aromatic N) is 1. The van der Waals surface area contributed by atoms with Crippen LogP contribution in [0.5, 0.6) is 0 Å². The maximum Gasteiger partial charge on any atom is 0.335 e. The number of hydrogen-bond acceptors (Lipinski definition) is 4. The quantitative estimate of drug-likeness (QED) is 0.867. The van der Waals surface area contributed by atoms with Crippen molar-refractivity contribution in [3.05, 3.63) is 41.6 Å². The van der Waals surface area contributed by atoms with E-state index in [4.69, 9.17) is 14.7 Å². The Kier molecular flexibility index (Phi) is 3.01. The molecule has 90 valence electrons. The van der Waals surface area contributed by atoms with Gasteiger partial charge < -0.3 is 9.84 Å². The molecular weight excluding hydrogens is 222 g/mol. The third-order valence-corrected chi connectivity index (χ3v) is 2.53. The zero-order chi connectivity index (χ0) is 12.4. The lowest BCUT2D eigenvalue weighted by atomic mass is 10.1. The van der Waals surface area contributed by atoms with E-state index in [0.29, 0.717) is 5.76 Å². The van der Waals surface area contributed by atoms with E-state index in [0.717, 1.165) is 5.56 Å². The van der Waals surface area contributed by atoms with Gasteiger partial charge in [0.2, 0.25) is 0 Å². The molecule has 0 bridgehead atoms. The molecule has 1 aliphatic rings. The van der Waals surface area contributed by atoms with E-state index in [-0.39, 0.29) is 11.8 Å². The first kappa shape index (κ1) is 11.5. The minimum atomic E-state index is -0.940. The number of ether oxygens (including phenoxy) is 1. The summed E-state index contributed by atoms with van der Waals surface area (Å²) in [5.41, 5.74) is 1.07. The van der Waals surface area contributed by atoms with Crippen LogP contribution in [0.4, 0.5) is 0 Å². The predicted octanol–water partition coefficient (Wildman–Crippen LogP) is 1.92. The molecule has 1 aromatic carbocycles. The van der Waals surface area contributed by atoms with Gasteiger partial charge in [0.15, 0.2) is 6.23 Å². The van der Waals surface area contributed by atoms with Gasteiger partial charge in [0.1, 0.15) is 5.76 Å². The summed E-state index contributed by atoms with van der Waals surface area (Å²) in [4.78, 5) is 15.8. The standard InChI is InChI=1S/C12H13NO4/c1-8-13(16-2)7-11(17-8)9-3-5-10(6-4-9)12(14)15/h3-8H,1-2H3,(H,14,15). The van der Waals surface area contributed by atoms with Crippen molar-refractivity contribution in [2.45, 2.75) is 13.2 Å². The summed E-state index contributed by atoms with van der Waals surface area (Å²) in [5, 5.41) is 10.4. The monoisotopic (exact) mass is 235 g/mol. The van der Waals surface area contributed by atoms with Crippen LogP contribution in [0.2, 0.25) is 0 Å². The maximum atomic E-state index is 10.7. The molecule has 0 spiro atoms. The SMILES string of the molecule is CON1C=C(c2ccc(C(=O)O)cc2)OC1C. The van der Waals surface area contributed by atoms with E-state index in [9.17, 15) is 4.79 Å². The third kappa shape index (κ3) is 2.24. The Bertz CT molecular complexity index is 452. The summed E-state index contributed by atoms with van der Waals surface area (Å²) in [5.74, 6) is -0.277. The molecule has 0 fully saturated rings. The molecule has 1 unspecified atom stereocenters. The largest absolute Gasteiger partial charge is 0.478 e. The van der Waals surface area contributed by atoms with Crippen LogP contribution in [0.1, 0.15) is 22.8 Å². The minimum Gasteiger partial charge on any atom is -0.478 e. The zero-order valence-electron chi connectivity index (χ0n) is 9.58. The molecule has 0 radical (unpaired) electrons. The average molecular weight is 235 g/mol. The Morgan fingerprint density at radius 2 is 2.06 bits per heavy atom. The van der Waals surface area contributed by atoms with Gasteiger partial charge in [-0.2, -0.15) is 0 Å². The van der Waals surface area contributed by atoms with Crippen molar-refractivity contribution in [1.29, 1.82) is 0 Å². The summed E-state index contributed by atoms with van der Waals surface area (Å²) < 4.78 is 5.57. The van der Waals surface area contributed by atoms with E-state index in [2.05, 4.69) is 0 Å². The van der Waals surface area contributed by atoms with Crippen LogP contribution in [0.15, 0.2) is 30.5 Å². The highest BCUT2D eigenvalue weighted by molar-refractivity contribution is 5.87. The van der Waals surface area contributed by atoms with Crippen molar-refractivity contribution in [2.24, 2.45) is 0 Å². The number of rotatable bonds is 3. The first-order valence-corrected chi connectivity index (χ1v) is 5.16. The number of hydrogen-bond donors (Lipinski definition) is 1. The summed E-state index contributed by atoms with van der Waals surface area (Å²) in [6.45, 7) is 1.86. The predicted molar refractivity (Wildman–Crippen MR) is 60.8 cm³/mol. The number of carbonyl (C=O) groups is 1. The lowest BCUT2D eigenvalue weighted by Gasteiger charge is -2.16. The molecule has 0 saturated heterocycles. The van der Waals surface area contributed by atoms with Crippen molar-refractivity contribution >= 4 is 11.7 Å². The summed E-state index contributed by atoms with van der Waals surface area (Å²) >= 11 is 0. The van der Waals surface area contributed by atoms with Crippen LogP contribution in [0.3, 0.4) is 0 Å². The van der Waals surface area contributed by atoms with E-state index in [1.807, 2.05) is 6.92 Å². The van der Waals surface area contributed by atoms with Gasteiger partial charge in [-0.05, 0) is 19.1 Å².